The van der Waals surface area contributed by atoms with Crippen molar-refractivity contribution in [3.8, 4) is 0 Å². The number of carbonyl (C=O) groups is 1. The SMILES string of the molecule is O=C(c1ccc(C(F)(F)F)cc1)n1c(=O)oc2c(I)cc(I)cc21. The Labute approximate surface area is 159 Å². The lowest BCUT2D eigenvalue weighted by molar-refractivity contribution is -0.137. The minimum absolute atomic E-state index is 0.0401. The largest absolute Gasteiger partial charge is 0.427 e. The molecule has 0 amide bonds. The summed E-state index contributed by atoms with van der Waals surface area (Å²) in [5.74, 6) is -1.62. The molecule has 0 aliphatic rings. The van der Waals surface area contributed by atoms with Crippen LogP contribution in [0.25, 0.3) is 11.1 Å². The number of aromatic nitrogens is 1. The molecule has 0 spiro atoms. The molecule has 0 aliphatic heterocycles. The van der Waals surface area contributed by atoms with Gasteiger partial charge in [0.05, 0.1) is 9.13 Å². The van der Waals surface area contributed by atoms with E-state index < -0.39 is 23.4 Å². The number of oxazole rings is 1. The minimum atomic E-state index is -4.49. The van der Waals surface area contributed by atoms with E-state index in [-0.39, 0.29) is 16.7 Å². The number of hydrogen-bond acceptors (Lipinski definition) is 3. The van der Waals surface area contributed by atoms with Crippen LogP contribution in [0.4, 0.5) is 13.2 Å². The fourth-order valence-corrected chi connectivity index (χ4v) is 4.09. The summed E-state index contributed by atoms with van der Waals surface area (Å²) in [5, 5.41) is 0. The quantitative estimate of drug-likeness (QED) is 0.413. The van der Waals surface area contributed by atoms with Gasteiger partial charge in [0.2, 0.25) is 0 Å². The van der Waals surface area contributed by atoms with Gasteiger partial charge in [0.25, 0.3) is 5.91 Å². The Hall–Kier alpha value is -1.37. The fraction of sp³-hybridized carbons (Fsp3) is 0.0667. The van der Waals surface area contributed by atoms with Crippen molar-refractivity contribution in [3.05, 3.63) is 65.2 Å². The van der Waals surface area contributed by atoms with E-state index in [9.17, 15) is 22.8 Å². The second kappa shape index (κ2) is 6.17. The summed E-state index contributed by atoms with van der Waals surface area (Å²) in [4.78, 5) is 24.6. The molecule has 1 aromatic heterocycles. The second-order valence-electron chi connectivity index (χ2n) is 4.82. The van der Waals surface area contributed by atoms with Crippen LogP contribution in [0.15, 0.2) is 45.6 Å². The molecule has 24 heavy (non-hydrogen) atoms. The van der Waals surface area contributed by atoms with Crippen LogP contribution in [0, 0.1) is 7.14 Å². The van der Waals surface area contributed by atoms with Crippen LogP contribution in [0.5, 0.6) is 0 Å². The van der Waals surface area contributed by atoms with Crippen LogP contribution in [-0.2, 0) is 6.18 Å². The van der Waals surface area contributed by atoms with E-state index >= 15 is 0 Å². The third kappa shape index (κ3) is 3.10. The van der Waals surface area contributed by atoms with Gasteiger partial charge in [0, 0.05) is 9.13 Å². The molecule has 3 rings (SSSR count). The first-order valence-electron chi connectivity index (χ1n) is 6.41. The summed E-state index contributed by atoms with van der Waals surface area (Å²) in [6.07, 6.45) is -4.49. The van der Waals surface area contributed by atoms with E-state index in [0.29, 0.717) is 3.57 Å². The van der Waals surface area contributed by atoms with E-state index in [1.54, 1.807) is 12.1 Å². The third-order valence-electron chi connectivity index (χ3n) is 3.26. The second-order valence-corrected chi connectivity index (χ2v) is 7.23. The van der Waals surface area contributed by atoms with Crippen LogP contribution in [0.1, 0.15) is 15.9 Å². The molecule has 0 bridgehead atoms. The Balaban J connectivity index is 2.12. The standard InChI is InChI=1S/C15H6F3I2NO3/c16-15(17,18)8-3-1-7(2-4-8)13(22)21-11-6-9(19)5-10(20)12(11)24-14(21)23/h1-6H. The smallest absolute Gasteiger partial charge is 0.406 e. The molecule has 3 aromatic rings. The lowest BCUT2D eigenvalue weighted by Crippen LogP contribution is -2.23. The average Bonchev–Trinajstić information content (AvgIpc) is 2.82. The summed E-state index contributed by atoms with van der Waals surface area (Å²) >= 11 is 4.01. The van der Waals surface area contributed by atoms with Gasteiger partial charge in [-0.3, -0.25) is 4.79 Å². The molecule has 0 atom stereocenters. The van der Waals surface area contributed by atoms with Crippen molar-refractivity contribution in [2.45, 2.75) is 6.18 Å². The number of hydrogen-bond donors (Lipinski definition) is 0. The lowest BCUT2D eigenvalue weighted by Gasteiger charge is -2.07. The van der Waals surface area contributed by atoms with Crippen molar-refractivity contribution >= 4 is 62.2 Å². The minimum Gasteiger partial charge on any atom is -0.406 e. The lowest BCUT2D eigenvalue weighted by atomic mass is 10.1. The maximum absolute atomic E-state index is 12.6. The van der Waals surface area contributed by atoms with Crippen LogP contribution in [0.3, 0.4) is 0 Å². The van der Waals surface area contributed by atoms with Crippen LogP contribution in [-0.4, -0.2) is 10.5 Å². The van der Waals surface area contributed by atoms with E-state index in [1.165, 1.54) is 0 Å². The first-order valence-corrected chi connectivity index (χ1v) is 8.57. The predicted octanol–water partition coefficient (Wildman–Crippen LogP) is 4.51. The number of benzene rings is 2. The molecule has 0 fully saturated rings. The molecule has 0 saturated heterocycles. The Morgan fingerprint density at radius 2 is 1.71 bits per heavy atom. The first-order chi connectivity index (χ1) is 11.2. The van der Waals surface area contributed by atoms with Gasteiger partial charge in [0.1, 0.15) is 5.52 Å². The van der Waals surface area contributed by atoms with E-state index in [1.807, 2.05) is 45.2 Å². The molecule has 0 saturated carbocycles. The fourth-order valence-electron chi connectivity index (χ4n) is 2.17. The number of carbonyl (C=O) groups excluding carboxylic acids is 1. The highest BCUT2D eigenvalue weighted by atomic mass is 127. The van der Waals surface area contributed by atoms with Crippen molar-refractivity contribution < 1.29 is 22.4 Å². The van der Waals surface area contributed by atoms with Crippen molar-refractivity contribution in [1.29, 1.82) is 0 Å². The van der Waals surface area contributed by atoms with Crippen molar-refractivity contribution in [1.82, 2.24) is 4.57 Å². The zero-order valence-electron chi connectivity index (χ0n) is 11.5. The average molecular weight is 559 g/mol. The van der Waals surface area contributed by atoms with Crippen LogP contribution in [0.2, 0.25) is 0 Å². The Kier molecular flexibility index (Phi) is 4.49. The highest BCUT2D eigenvalue weighted by molar-refractivity contribution is 14.1. The maximum Gasteiger partial charge on any atom is 0.427 e. The first kappa shape index (κ1) is 17.5. The number of rotatable bonds is 1. The number of alkyl halides is 3. The molecule has 0 aliphatic carbocycles. The molecular formula is C15H6F3I2NO3. The Morgan fingerprint density at radius 1 is 1.08 bits per heavy atom. The van der Waals surface area contributed by atoms with Gasteiger partial charge < -0.3 is 4.42 Å². The van der Waals surface area contributed by atoms with Crippen molar-refractivity contribution in [3.63, 3.8) is 0 Å². The van der Waals surface area contributed by atoms with E-state index in [0.717, 1.165) is 32.4 Å². The van der Waals surface area contributed by atoms with Gasteiger partial charge in [-0.2, -0.15) is 13.2 Å². The molecule has 0 N–H and O–H groups in total. The van der Waals surface area contributed by atoms with Gasteiger partial charge in [-0.15, -0.1) is 0 Å². The molecule has 124 valence electrons. The summed E-state index contributed by atoms with van der Waals surface area (Å²) < 4.78 is 45.2. The summed E-state index contributed by atoms with van der Waals surface area (Å²) in [6.45, 7) is 0. The van der Waals surface area contributed by atoms with E-state index in [4.69, 9.17) is 4.42 Å². The van der Waals surface area contributed by atoms with Gasteiger partial charge in [-0.25, -0.2) is 9.36 Å². The van der Waals surface area contributed by atoms with Crippen molar-refractivity contribution in [2.24, 2.45) is 0 Å². The normalized spacial score (nSPS) is 11.9. The maximum atomic E-state index is 12.6. The zero-order chi connectivity index (χ0) is 17.6. The Morgan fingerprint density at radius 3 is 2.29 bits per heavy atom. The molecule has 0 unspecified atom stereocenters. The van der Waals surface area contributed by atoms with Gasteiger partial charge in [-0.1, -0.05) is 0 Å². The van der Waals surface area contributed by atoms with Crippen LogP contribution < -0.4 is 5.76 Å². The van der Waals surface area contributed by atoms with Gasteiger partial charge in [-0.05, 0) is 81.6 Å². The van der Waals surface area contributed by atoms with Crippen molar-refractivity contribution in [2.75, 3.05) is 0 Å². The topological polar surface area (TPSA) is 52.2 Å². The number of halogens is 5. The predicted molar refractivity (Wildman–Crippen MR) is 97.1 cm³/mol. The summed E-state index contributed by atoms with van der Waals surface area (Å²) in [6, 6.07) is 7.05. The van der Waals surface area contributed by atoms with E-state index in [2.05, 4.69) is 0 Å². The highest BCUT2D eigenvalue weighted by Gasteiger charge is 2.30. The monoisotopic (exact) mass is 559 g/mol. The third-order valence-corrected chi connectivity index (χ3v) is 4.69. The summed E-state index contributed by atoms with van der Waals surface area (Å²) in [7, 11) is 0. The number of fused-ring (bicyclic) bond motifs is 1. The molecule has 2 aromatic carbocycles. The molecule has 4 nitrogen and oxygen atoms in total. The van der Waals surface area contributed by atoms with Gasteiger partial charge in [0.15, 0.2) is 5.58 Å². The highest BCUT2D eigenvalue weighted by Crippen LogP contribution is 2.29. The summed E-state index contributed by atoms with van der Waals surface area (Å²) in [5.41, 5.74) is -0.364. The molecular weight excluding hydrogens is 553 g/mol. The molecule has 0 radical (unpaired) electrons. The number of nitrogens with zero attached hydrogens (tertiary/aromatic N) is 1. The van der Waals surface area contributed by atoms with Gasteiger partial charge >= 0.3 is 11.9 Å². The van der Waals surface area contributed by atoms with Crippen LogP contribution >= 0.6 is 45.2 Å². The zero-order valence-corrected chi connectivity index (χ0v) is 15.8. The molecule has 9 heteroatoms. The molecule has 1 heterocycles. The Bertz CT molecular complexity index is 1000.